The minimum atomic E-state index is -1.25. The Kier molecular flexibility index (Phi) is 10.8. The van der Waals surface area contributed by atoms with Crippen molar-refractivity contribution in [1.82, 2.24) is 19.8 Å². The summed E-state index contributed by atoms with van der Waals surface area (Å²) >= 11 is 0. The lowest BCUT2D eigenvalue weighted by Gasteiger charge is -2.42. The van der Waals surface area contributed by atoms with Crippen molar-refractivity contribution in [1.29, 1.82) is 0 Å². The van der Waals surface area contributed by atoms with E-state index < -0.39 is 47.6 Å². The number of aliphatic carboxylic acids is 1. The Morgan fingerprint density at radius 3 is 2.44 bits per heavy atom. The van der Waals surface area contributed by atoms with Gasteiger partial charge in [0.05, 0.1) is 12.5 Å². The maximum Gasteiger partial charge on any atom is 0.348 e. The molecule has 0 unspecified atom stereocenters. The number of fused-ring (bicyclic) bond motifs is 4. The molecule has 0 spiro atoms. The first kappa shape index (κ1) is 35.3. The van der Waals surface area contributed by atoms with Crippen molar-refractivity contribution >= 4 is 11.9 Å². The van der Waals surface area contributed by atoms with Gasteiger partial charge in [-0.3, -0.25) is 19.1 Å². The van der Waals surface area contributed by atoms with Crippen molar-refractivity contribution in [2.75, 3.05) is 19.6 Å². The minimum absolute atomic E-state index is 0.00532. The first-order chi connectivity index (χ1) is 22.7. The Bertz CT molecular complexity index is 1750. The Morgan fingerprint density at radius 2 is 1.73 bits per heavy atom. The van der Waals surface area contributed by atoms with Gasteiger partial charge in [0.15, 0.2) is 0 Å². The fourth-order valence-corrected chi connectivity index (χ4v) is 7.26. The van der Waals surface area contributed by atoms with E-state index in [4.69, 9.17) is 0 Å². The second kappa shape index (κ2) is 14.6. The maximum absolute atomic E-state index is 15.9. The topological polar surface area (TPSA) is 105 Å². The smallest absolute Gasteiger partial charge is 0.348 e. The van der Waals surface area contributed by atoms with Crippen molar-refractivity contribution in [2.45, 2.75) is 103 Å². The second-order valence-corrected chi connectivity index (χ2v) is 13.8. The molecule has 2 N–H and O–H groups in total. The summed E-state index contributed by atoms with van der Waals surface area (Å²) in [5.41, 5.74) is 2.59. The first-order valence-electron chi connectivity index (χ1n) is 16.8. The number of carbonyl (C=O) groups excluding carboxylic acids is 1. The largest absolute Gasteiger partial charge is 0.481 e. The van der Waals surface area contributed by atoms with Crippen molar-refractivity contribution in [2.24, 2.45) is 0 Å². The third-order valence-electron chi connectivity index (χ3n) is 9.63. The molecule has 2 aliphatic rings. The summed E-state index contributed by atoms with van der Waals surface area (Å²) in [5, 5.41) is 12.6. The molecule has 0 aliphatic carbocycles. The lowest BCUT2D eigenvalue weighted by atomic mass is 9.88. The van der Waals surface area contributed by atoms with Crippen LogP contribution in [0.4, 0.5) is 13.2 Å². The van der Waals surface area contributed by atoms with Crippen LogP contribution in [0.5, 0.6) is 0 Å². The number of benzene rings is 2. The molecule has 0 radical (unpaired) electrons. The summed E-state index contributed by atoms with van der Waals surface area (Å²) in [6.45, 7) is 7.89. The molecule has 48 heavy (non-hydrogen) atoms. The molecule has 1 amide bonds. The molecule has 1 fully saturated rings. The zero-order chi connectivity index (χ0) is 34.7. The van der Waals surface area contributed by atoms with Gasteiger partial charge in [0, 0.05) is 37.1 Å². The molecule has 2 atom stereocenters. The average molecular weight is 667 g/mol. The van der Waals surface area contributed by atoms with Gasteiger partial charge in [-0.2, -0.15) is 4.98 Å². The SMILES string of the molecule is Cc1cc2cc(c1F)[C@H](CC(=O)O)NC(=O)[C@@H](n1cc(CCN3CC(C)(F)C3)c(C)nc1=O)CCCCCCCc1cc(F)cc(C)c1-2. The summed E-state index contributed by atoms with van der Waals surface area (Å²) in [6.07, 6.45) is 6.39. The number of nitrogens with zero attached hydrogens (tertiary/aromatic N) is 3. The zero-order valence-corrected chi connectivity index (χ0v) is 28.2. The van der Waals surface area contributed by atoms with Gasteiger partial charge in [-0.15, -0.1) is 0 Å². The number of hydrogen-bond donors (Lipinski definition) is 2. The lowest BCUT2D eigenvalue weighted by molar-refractivity contribution is -0.138. The number of carbonyl (C=O) groups is 2. The van der Waals surface area contributed by atoms with Gasteiger partial charge >= 0.3 is 11.7 Å². The molecule has 2 aromatic carbocycles. The summed E-state index contributed by atoms with van der Waals surface area (Å²) < 4.78 is 45.8. The van der Waals surface area contributed by atoms with Crippen LogP contribution < -0.4 is 11.0 Å². The number of rotatable bonds is 6. The van der Waals surface area contributed by atoms with E-state index in [-0.39, 0.29) is 23.4 Å². The predicted octanol–water partition coefficient (Wildman–Crippen LogP) is 6.47. The number of carboxylic acid groups (broad SMARTS) is 1. The average Bonchev–Trinajstić information content (AvgIpc) is 2.97. The van der Waals surface area contributed by atoms with Crippen LogP contribution in [0.25, 0.3) is 11.1 Å². The van der Waals surface area contributed by atoms with E-state index >= 15 is 4.39 Å². The lowest BCUT2D eigenvalue weighted by Crippen LogP contribution is -2.57. The van der Waals surface area contributed by atoms with E-state index in [9.17, 15) is 28.3 Å². The normalized spacial score (nSPS) is 20.4. The summed E-state index contributed by atoms with van der Waals surface area (Å²) in [7, 11) is 0. The number of nitrogens with one attached hydrogen (secondary N) is 1. The van der Waals surface area contributed by atoms with Gasteiger partial charge in [0.25, 0.3) is 0 Å². The summed E-state index contributed by atoms with van der Waals surface area (Å²) in [6, 6.07) is 3.90. The van der Waals surface area contributed by atoms with Crippen molar-refractivity contribution in [3.05, 3.63) is 86.1 Å². The van der Waals surface area contributed by atoms with E-state index in [0.717, 1.165) is 42.4 Å². The highest BCUT2D eigenvalue weighted by molar-refractivity contribution is 5.82. The fraction of sp³-hybridized carbons (Fsp3) is 0.514. The van der Waals surface area contributed by atoms with Gasteiger partial charge < -0.3 is 10.4 Å². The Labute approximate surface area is 279 Å². The van der Waals surface area contributed by atoms with Crippen LogP contribution in [0.2, 0.25) is 0 Å². The predicted molar refractivity (Wildman–Crippen MR) is 178 cm³/mol. The Morgan fingerprint density at radius 1 is 1.02 bits per heavy atom. The highest BCUT2D eigenvalue weighted by Crippen LogP contribution is 2.35. The highest BCUT2D eigenvalue weighted by atomic mass is 19.1. The number of amides is 1. The molecule has 3 aromatic rings. The zero-order valence-electron chi connectivity index (χ0n) is 28.2. The maximum atomic E-state index is 15.9. The minimum Gasteiger partial charge on any atom is -0.481 e. The van der Waals surface area contributed by atoms with Crippen LogP contribution >= 0.6 is 0 Å². The van der Waals surface area contributed by atoms with Crippen molar-refractivity contribution in [3.8, 4) is 11.1 Å². The molecule has 2 aliphatic heterocycles. The molecule has 258 valence electrons. The van der Waals surface area contributed by atoms with Gasteiger partial charge in [-0.05, 0) is 111 Å². The molecular weight excluding hydrogens is 621 g/mol. The molecular formula is C37H45F3N4O4. The van der Waals surface area contributed by atoms with Crippen LogP contribution in [0.1, 0.15) is 97.5 Å². The molecule has 3 heterocycles. The van der Waals surface area contributed by atoms with Crippen molar-refractivity contribution < 1.29 is 27.9 Å². The molecule has 0 saturated carbocycles. The van der Waals surface area contributed by atoms with E-state index in [1.54, 1.807) is 46.0 Å². The van der Waals surface area contributed by atoms with Crippen LogP contribution in [-0.2, 0) is 22.4 Å². The summed E-state index contributed by atoms with van der Waals surface area (Å²) in [5.74, 6) is -2.84. The van der Waals surface area contributed by atoms with E-state index in [0.29, 0.717) is 55.7 Å². The van der Waals surface area contributed by atoms with Crippen LogP contribution in [0, 0.1) is 32.4 Å². The third kappa shape index (κ3) is 8.17. The van der Waals surface area contributed by atoms with Crippen LogP contribution in [0.15, 0.2) is 35.3 Å². The standard InChI is InChI=1S/C37H45F3N4O4/c1-22-15-28(38)16-25-10-8-6-5-7-9-11-31(44-19-26(24(3)41-36(44)48)12-13-43-20-37(4,40)21-43)35(47)42-30(18-32(45)46)29-17-27(33(22)25)14-23(2)34(29)39/h14-17,19,30-31H,5-13,18,20-21H2,1-4H3,(H,42,47)(H,45,46)/t30-,31-/m0/s1. The number of carboxylic acids is 1. The van der Waals surface area contributed by atoms with E-state index in [1.807, 2.05) is 4.90 Å². The van der Waals surface area contributed by atoms with Crippen molar-refractivity contribution in [3.63, 3.8) is 0 Å². The molecule has 2 bridgehead atoms. The van der Waals surface area contributed by atoms with Crippen LogP contribution in [-0.4, -0.2) is 56.7 Å². The fourth-order valence-electron chi connectivity index (χ4n) is 7.26. The molecule has 8 nitrogen and oxygen atoms in total. The van der Waals surface area contributed by atoms with Gasteiger partial charge in [-0.25, -0.2) is 18.0 Å². The Balaban J connectivity index is 1.54. The van der Waals surface area contributed by atoms with Crippen LogP contribution in [0.3, 0.4) is 0 Å². The number of aromatic nitrogens is 2. The highest BCUT2D eigenvalue weighted by Gasteiger charge is 2.38. The molecule has 1 aromatic heterocycles. The van der Waals surface area contributed by atoms with Gasteiger partial charge in [-0.1, -0.05) is 25.7 Å². The molecule has 1 saturated heterocycles. The number of likely N-dealkylation sites (tertiary alicyclic amines) is 1. The summed E-state index contributed by atoms with van der Waals surface area (Å²) in [4.78, 5) is 45.7. The second-order valence-electron chi connectivity index (χ2n) is 13.8. The number of hydrogen-bond acceptors (Lipinski definition) is 5. The molecule has 11 heteroatoms. The van der Waals surface area contributed by atoms with E-state index in [2.05, 4.69) is 10.3 Å². The molecule has 5 rings (SSSR count). The number of halogens is 3. The Hall–Kier alpha value is -3.99. The number of aryl methyl sites for hydroxylation is 4. The van der Waals surface area contributed by atoms with Gasteiger partial charge in [0.1, 0.15) is 23.3 Å². The van der Waals surface area contributed by atoms with Gasteiger partial charge in [0.2, 0.25) is 5.91 Å². The monoisotopic (exact) mass is 666 g/mol. The van der Waals surface area contributed by atoms with E-state index in [1.165, 1.54) is 16.7 Å². The quantitative estimate of drug-likeness (QED) is 0.313. The number of alkyl halides is 1. The third-order valence-corrected chi connectivity index (χ3v) is 9.63. The first-order valence-corrected chi connectivity index (χ1v) is 16.8.